The minimum absolute atomic E-state index is 0.00964. The molecular weight excluding hydrogens is 460 g/mol. The first-order valence-corrected chi connectivity index (χ1v) is 11.2. The summed E-state index contributed by atoms with van der Waals surface area (Å²) in [5, 5.41) is 41.0. The zero-order valence-corrected chi connectivity index (χ0v) is 19.0. The monoisotopic (exact) mass is 482 g/mol. The van der Waals surface area contributed by atoms with Crippen molar-refractivity contribution in [1.29, 1.82) is 0 Å². The Labute approximate surface area is 205 Å². The van der Waals surface area contributed by atoms with Gasteiger partial charge in [-0.15, -0.1) is 0 Å². The molecular formula is C29H22O7. The van der Waals surface area contributed by atoms with Gasteiger partial charge in [0.1, 0.15) is 40.6 Å². The number of hydrogen-bond donors (Lipinski definition) is 4. The highest BCUT2D eigenvalue weighted by Crippen LogP contribution is 2.37. The van der Waals surface area contributed by atoms with Gasteiger partial charge in [-0.1, -0.05) is 42.5 Å². The summed E-state index contributed by atoms with van der Waals surface area (Å²) in [5.74, 6) is -0.731. The lowest BCUT2D eigenvalue weighted by atomic mass is 10.00. The molecule has 0 aliphatic carbocycles. The van der Waals surface area contributed by atoms with E-state index in [1.165, 1.54) is 36.4 Å². The Balaban J connectivity index is 1.56. The fourth-order valence-corrected chi connectivity index (χ4v) is 4.06. The van der Waals surface area contributed by atoms with Crippen molar-refractivity contribution in [3.05, 3.63) is 112 Å². The third-order valence-corrected chi connectivity index (χ3v) is 5.80. The highest BCUT2D eigenvalue weighted by atomic mass is 16.5. The first-order valence-electron chi connectivity index (χ1n) is 11.2. The van der Waals surface area contributed by atoms with Gasteiger partial charge in [-0.05, 0) is 47.0 Å². The Morgan fingerprint density at radius 2 is 1.53 bits per heavy atom. The molecule has 180 valence electrons. The molecule has 0 radical (unpaired) electrons. The summed E-state index contributed by atoms with van der Waals surface area (Å²) in [6.45, 7) is 0.00964. The van der Waals surface area contributed by atoms with Gasteiger partial charge in [0.25, 0.3) is 0 Å². The minimum atomic E-state index is -0.727. The number of phenolic OH excluding ortho intramolecular Hbond substituents is 3. The fraction of sp³-hybridized carbons (Fsp3) is 0.0690. The summed E-state index contributed by atoms with van der Waals surface area (Å²) in [6, 6.07) is 23.2. The van der Waals surface area contributed by atoms with Crippen LogP contribution < -0.4 is 10.2 Å². The molecule has 0 saturated carbocycles. The van der Waals surface area contributed by atoms with Gasteiger partial charge in [-0.25, -0.2) is 0 Å². The summed E-state index contributed by atoms with van der Waals surface area (Å²) in [6.07, 6.45) is 0.437. The smallest absolute Gasteiger partial charge is 0.238 e. The summed E-state index contributed by atoms with van der Waals surface area (Å²) < 4.78 is 11.6. The maximum Gasteiger partial charge on any atom is 0.238 e. The topological polar surface area (TPSA) is 120 Å². The number of fused-ring (bicyclic) bond motifs is 1. The normalized spacial score (nSPS) is 11.0. The molecule has 36 heavy (non-hydrogen) atoms. The van der Waals surface area contributed by atoms with E-state index in [0.29, 0.717) is 23.1 Å². The average Bonchev–Trinajstić information content (AvgIpc) is 2.86. The van der Waals surface area contributed by atoms with Crippen molar-refractivity contribution in [2.75, 3.05) is 0 Å². The van der Waals surface area contributed by atoms with E-state index in [1.807, 2.05) is 30.3 Å². The maximum atomic E-state index is 13.2. The third-order valence-electron chi connectivity index (χ3n) is 5.80. The second-order valence-electron chi connectivity index (χ2n) is 8.39. The summed E-state index contributed by atoms with van der Waals surface area (Å²) in [7, 11) is 0. The second-order valence-corrected chi connectivity index (χ2v) is 8.39. The average molecular weight is 482 g/mol. The SMILES string of the molecule is O=c1c(O)c(-c2ccc(O)c(Cc3ccccc3)c2)oc2cc(O)cc(OCc3cccc(O)c3)c12. The van der Waals surface area contributed by atoms with Crippen LogP contribution in [0, 0.1) is 0 Å². The van der Waals surface area contributed by atoms with Gasteiger partial charge >= 0.3 is 0 Å². The number of hydrogen-bond acceptors (Lipinski definition) is 7. The molecule has 0 atom stereocenters. The van der Waals surface area contributed by atoms with Crippen molar-refractivity contribution < 1.29 is 29.6 Å². The number of ether oxygens (including phenoxy) is 1. The van der Waals surface area contributed by atoms with Crippen LogP contribution >= 0.6 is 0 Å². The van der Waals surface area contributed by atoms with Gasteiger partial charge < -0.3 is 29.6 Å². The Bertz CT molecular complexity index is 1620. The van der Waals surface area contributed by atoms with Crippen LogP contribution in [-0.2, 0) is 13.0 Å². The van der Waals surface area contributed by atoms with Crippen molar-refractivity contribution >= 4 is 11.0 Å². The summed E-state index contributed by atoms with van der Waals surface area (Å²) >= 11 is 0. The molecule has 0 amide bonds. The van der Waals surface area contributed by atoms with Crippen LogP contribution in [0.15, 0.2) is 94.1 Å². The molecule has 0 saturated heterocycles. The lowest BCUT2D eigenvalue weighted by molar-refractivity contribution is 0.306. The van der Waals surface area contributed by atoms with Crippen LogP contribution in [0.2, 0.25) is 0 Å². The van der Waals surface area contributed by atoms with Gasteiger partial charge in [0.2, 0.25) is 11.2 Å². The molecule has 0 unspecified atom stereocenters. The van der Waals surface area contributed by atoms with Crippen molar-refractivity contribution in [2.24, 2.45) is 0 Å². The molecule has 4 aromatic carbocycles. The number of benzene rings is 4. The van der Waals surface area contributed by atoms with E-state index in [-0.39, 0.29) is 46.3 Å². The molecule has 0 aliphatic heterocycles. The van der Waals surface area contributed by atoms with Crippen LogP contribution in [-0.4, -0.2) is 20.4 Å². The Hall–Kier alpha value is -4.91. The molecule has 0 aliphatic rings. The van der Waals surface area contributed by atoms with E-state index in [9.17, 15) is 25.2 Å². The highest BCUT2D eigenvalue weighted by molar-refractivity contribution is 5.88. The predicted molar refractivity (Wildman–Crippen MR) is 135 cm³/mol. The van der Waals surface area contributed by atoms with Crippen LogP contribution in [0.1, 0.15) is 16.7 Å². The molecule has 7 heteroatoms. The quantitative estimate of drug-likeness (QED) is 0.254. The van der Waals surface area contributed by atoms with Crippen molar-refractivity contribution in [1.82, 2.24) is 0 Å². The molecule has 0 bridgehead atoms. The zero-order valence-electron chi connectivity index (χ0n) is 19.0. The second kappa shape index (κ2) is 9.38. The van der Waals surface area contributed by atoms with E-state index in [4.69, 9.17) is 9.15 Å². The van der Waals surface area contributed by atoms with Crippen LogP contribution in [0.5, 0.6) is 28.7 Å². The predicted octanol–water partition coefficient (Wildman–Crippen LogP) is 5.45. The standard InChI is InChI=1S/C29H22O7/c30-21-8-4-7-18(12-21)16-35-24-14-22(31)15-25-26(24)27(33)28(34)29(36-25)19-9-10-23(32)20(13-19)11-17-5-2-1-3-6-17/h1-10,12-15,30-32,34H,11,16H2. The lowest BCUT2D eigenvalue weighted by Gasteiger charge is -2.13. The molecule has 0 fully saturated rings. The van der Waals surface area contributed by atoms with Gasteiger partial charge in [0, 0.05) is 24.1 Å². The molecule has 4 N–H and O–H groups in total. The van der Waals surface area contributed by atoms with Crippen LogP contribution in [0.4, 0.5) is 0 Å². The highest BCUT2D eigenvalue weighted by Gasteiger charge is 2.20. The minimum Gasteiger partial charge on any atom is -0.508 e. The fourth-order valence-electron chi connectivity index (χ4n) is 4.06. The van der Waals surface area contributed by atoms with Crippen molar-refractivity contribution in [2.45, 2.75) is 13.0 Å². The van der Waals surface area contributed by atoms with Gasteiger partial charge in [0.15, 0.2) is 5.76 Å². The van der Waals surface area contributed by atoms with Crippen molar-refractivity contribution in [3.8, 4) is 40.1 Å². The third kappa shape index (κ3) is 4.54. The summed E-state index contributed by atoms with van der Waals surface area (Å²) in [5.41, 5.74) is 1.90. The van der Waals surface area contributed by atoms with Crippen LogP contribution in [0.3, 0.4) is 0 Å². The molecule has 7 nitrogen and oxygen atoms in total. The Morgan fingerprint density at radius 1 is 0.750 bits per heavy atom. The first kappa shape index (κ1) is 22.9. The largest absolute Gasteiger partial charge is 0.508 e. The van der Waals surface area contributed by atoms with E-state index in [2.05, 4.69) is 0 Å². The van der Waals surface area contributed by atoms with E-state index in [1.54, 1.807) is 18.2 Å². The van der Waals surface area contributed by atoms with E-state index >= 15 is 0 Å². The van der Waals surface area contributed by atoms with Crippen LogP contribution in [0.25, 0.3) is 22.3 Å². The number of phenols is 3. The molecule has 0 spiro atoms. The number of rotatable bonds is 6. The Kier molecular flexibility index (Phi) is 5.96. The van der Waals surface area contributed by atoms with Gasteiger partial charge in [-0.3, -0.25) is 4.79 Å². The zero-order chi connectivity index (χ0) is 25.2. The van der Waals surface area contributed by atoms with Gasteiger partial charge in [-0.2, -0.15) is 0 Å². The molecule has 5 aromatic rings. The van der Waals surface area contributed by atoms with Crippen molar-refractivity contribution in [3.63, 3.8) is 0 Å². The first-order chi connectivity index (χ1) is 17.4. The lowest BCUT2D eigenvalue weighted by Crippen LogP contribution is -2.06. The summed E-state index contributed by atoms with van der Waals surface area (Å²) in [4.78, 5) is 13.2. The molecule has 1 aromatic heterocycles. The number of aromatic hydroxyl groups is 4. The maximum absolute atomic E-state index is 13.2. The van der Waals surface area contributed by atoms with Gasteiger partial charge in [0.05, 0.1) is 0 Å². The molecule has 5 rings (SSSR count). The molecule has 1 heterocycles. The Morgan fingerprint density at radius 3 is 2.31 bits per heavy atom. The van der Waals surface area contributed by atoms with E-state index in [0.717, 1.165) is 5.56 Å². The van der Waals surface area contributed by atoms with E-state index < -0.39 is 11.2 Å².